The molecular weight excluding hydrogens is 192 g/mol. The van der Waals surface area contributed by atoms with Crippen LogP contribution in [0.4, 0.5) is 5.69 Å². The van der Waals surface area contributed by atoms with Crippen LogP contribution in [0.15, 0.2) is 23.1 Å². The highest BCUT2D eigenvalue weighted by molar-refractivity contribution is 5.33. The number of rotatable bonds is 2. The fraction of sp³-hybridized carbons (Fsp3) is 0.545. The first kappa shape index (κ1) is 10.2. The van der Waals surface area contributed by atoms with Crippen LogP contribution in [0.3, 0.4) is 0 Å². The van der Waals surface area contributed by atoms with Gasteiger partial charge in [0.05, 0.1) is 17.8 Å². The molecule has 2 atom stereocenters. The molecule has 1 aromatic heterocycles. The number of pyridine rings is 1. The zero-order valence-electron chi connectivity index (χ0n) is 8.85. The van der Waals surface area contributed by atoms with E-state index >= 15 is 0 Å². The lowest BCUT2D eigenvalue weighted by Crippen LogP contribution is -2.30. The van der Waals surface area contributed by atoms with E-state index < -0.39 is 0 Å². The Morgan fingerprint density at radius 2 is 2.33 bits per heavy atom. The van der Waals surface area contributed by atoms with E-state index in [1.807, 2.05) is 6.07 Å². The number of hydrogen-bond acceptors (Lipinski definition) is 3. The fourth-order valence-corrected chi connectivity index (χ4v) is 2.29. The average Bonchev–Trinajstić information content (AvgIpc) is 2.70. The predicted octanol–water partition coefficient (Wildman–Crippen LogP) is 1.17. The molecule has 0 aromatic carbocycles. The number of aromatic nitrogens is 1. The van der Waals surface area contributed by atoms with E-state index in [0.29, 0.717) is 5.69 Å². The number of ether oxygens (including phenoxy) is 1. The number of nitrogens with two attached hydrogens (primary N) is 1. The van der Waals surface area contributed by atoms with Crippen LogP contribution in [-0.4, -0.2) is 17.8 Å². The Labute approximate surface area is 88.7 Å². The van der Waals surface area contributed by atoms with Crippen LogP contribution >= 0.6 is 0 Å². The summed E-state index contributed by atoms with van der Waals surface area (Å²) in [6.07, 6.45) is 5.04. The van der Waals surface area contributed by atoms with Crippen LogP contribution in [0.2, 0.25) is 0 Å². The van der Waals surface area contributed by atoms with Gasteiger partial charge in [0, 0.05) is 13.3 Å². The summed E-state index contributed by atoms with van der Waals surface area (Å²) < 4.78 is 7.08. The van der Waals surface area contributed by atoms with E-state index in [-0.39, 0.29) is 17.7 Å². The fourth-order valence-electron chi connectivity index (χ4n) is 2.29. The van der Waals surface area contributed by atoms with Gasteiger partial charge in [-0.15, -0.1) is 0 Å². The summed E-state index contributed by atoms with van der Waals surface area (Å²) >= 11 is 0. The maximum atomic E-state index is 11.8. The van der Waals surface area contributed by atoms with Crippen LogP contribution in [0.5, 0.6) is 0 Å². The summed E-state index contributed by atoms with van der Waals surface area (Å²) in [6, 6.07) is 3.59. The smallest absolute Gasteiger partial charge is 0.274 e. The molecule has 4 nitrogen and oxygen atoms in total. The van der Waals surface area contributed by atoms with Gasteiger partial charge in [-0.2, -0.15) is 0 Å². The largest absolute Gasteiger partial charge is 0.394 e. The van der Waals surface area contributed by atoms with Gasteiger partial charge >= 0.3 is 0 Å². The van der Waals surface area contributed by atoms with Gasteiger partial charge in [0.2, 0.25) is 0 Å². The van der Waals surface area contributed by atoms with Crippen LogP contribution in [0.25, 0.3) is 0 Å². The molecule has 15 heavy (non-hydrogen) atoms. The Morgan fingerprint density at radius 3 is 3.07 bits per heavy atom. The van der Waals surface area contributed by atoms with Crippen molar-refractivity contribution in [2.75, 3.05) is 12.8 Å². The highest BCUT2D eigenvalue weighted by Crippen LogP contribution is 2.30. The lowest BCUT2D eigenvalue weighted by atomic mass is 10.2. The van der Waals surface area contributed by atoms with Gasteiger partial charge < -0.3 is 15.0 Å². The summed E-state index contributed by atoms with van der Waals surface area (Å²) in [6.45, 7) is 0. The number of hydrogen-bond donors (Lipinski definition) is 1. The molecule has 82 valence electrons. The normalized spacial score (nSPS) is 25.7. The van der Waals surface area contributed by atoms with Crippen molar-refractivity contribution in [1.82, 2.24) is 4.57 Å². The number of methoxy groups -OCH3 is 1. The van der Waals surface area contributed by atoms with Gasteiger partial charge in [-0.1, -0.05) is 0 Å². The second-order valence-corrected chi connectivity index (χ2v) is 3.95. The maximum absolute atomic E-state index is 11.8. The van der Waals surface area contributed by atoms with Gasteiger partial charge in [-0.25, -0.2) is 0 Å². The maximum Gasteiger partial charge on any atom is 0.274 e. The van der Waals surface area contributed by atoms with E-state index in [2.05, 4.69) is 0 Å². The molecule has 2 rings (SSSR count). The van der Waals surface area contributed by atoms with Gasteiger partial charge in [0.1, 0.15) is 0 Å². The summed E-state index contributed by atoms with van der Waals surface area (Å²) in [5.41, 5.74) is 5.80. The second kappa shape index (κ2) is 4.06. The molecule has 1 aliphatic rings. The van der Waals surface area contributed by atoms with Crippen molar-refractivity contribution < 1.29 is 4.74 Å². The monoisotopic (exact) mass is 208 g/mol. The number of anilines is 1. The molecule has 2 N–H and O–H groups in total. The number of nitrogens with zero attached hydrogens (tertiary/aromatic N) is 1. The van der Waals surface area contributed by atoms with Crippen LogP contribution in [0.1, 0.15) is 25.3 Å². The molecule has 1 saturated carbocycles. The molecule has 4 heteroatoms. The molecule has 0 aliphatic heterocycles. The third-order valence-electron chi connectivity index (χ3n) is 3.08. The molecule has 0 spiro atoms. The van der Waals surface area contributed by atoms with Crippen LogP contribution in [-0.2, 0) is 4.74 Å². The zero-order chi connectivity index (χ0) is 10.8. The Kier molecular flexibility index (Phi) is 2.77. The Hall–Kier alpha value is -1.29. The van der Waals surface area contributed by atoms with Crippen molar-refractivity contribution >= 4 is 5.69 Å². The minimum Gasteiger partial charge on any atom is -0.394 e. The summed E-state index contributed by atoms with van der Waals surface area (Å²) in [5, 5.41) is 0. The van der Waals surface area contributed by atoms with E-state index in [0.717, 1.165) is 19.3 Å². The van der Waals surface area contributed by atoms with Crippen molar-refractivity contribution in [3.05, 3.63) is 28.7 Å². The molecule has 1 fully saturated rings. The van der Waals surface area contributed by atoms with Crippen LogP contribution < -0.4 is 11.3 Å². The van der Waals surface area contributed by atoms with Gasteiger partial charge in [0.15, 0.2) is 0 Å². The highest BCUT2D eigenvalue weighted by atomic mass is 16.5. The van der Waals surface area contributed by atoms with Gasteiger partial charge in [0.25, 0.3) is 5.56 Å². The lowest BCUT2D eigenvalue weighted by Gasteiger charge is -2.20. The molecule has 0 bridgehead atoms. The van der Waals surface area contributed by atoms with Crippen LogP contribution in [0, 0.1) is 0 Å². The summed E-state index contributed by atoms with van der Waals surface area (Å²) in [5.74, 6) is 0. The Bertz CT molecular complexity index is 400. The predicted molar refractivity (Wildman–Crippen MR) is 58.8 cm³/mol. The van der Waals surface area contributed by atoms with E-state index in [9.17, 15) is 4.79 Å². The SMILES string of the molecule is COC1CCCC1n1cccc(N)c1=O. The molecule has 1 aliphatic carbocycles. The van der Waals surface area contributed by atoms with Crippen molar-refractivity contribution in [2.24, 2.45) is 0 Å². The molecule has 1 aromatic rings. The van der Waals surface area contributed by atoms with E-state index in [1.54, 1.807) is 23.9 Å². The molecule has 0 saturated heterocycles. The van der Waals surface area contributed by atoms with E-state index in [4.69, 9.17) is 10.5 Å². The first-order chi connectivity index (χ1) is 7.24. The Morgan fingerprint density at radius 1 is 1.53 bits per heavy atom. The molecule has 1 heterocycles. The quantitative estimate of drug-likeness (QED) is 0.793. The topological polar surface area (TPSA) is 57.2 Å². The summed E-state index contributed by atoms with van der Waals surface area (Å²) in [7, 11) is 1.69. The van der Waals surface area contributed by atoms with Gasteiger partial charge in [-0.05, 0) is 31.4 Å². The molecule has 2 unspecified atom stereocenters. The second-order valence-electron chi connectivity index (χ2n) is 3.95. The summed E-state index contributed by atoms with van der Waals surface area (Å²) in [4.78, 5) is 11.8. The lowest BCUT2D eigenvalue weighted by molar-refractivity contribution is 0.0739. The van der Waals surface area contributed by atoms with Crippen molar-refractivity contribution in [3.8, 4) is 0 Å². The zero-order valence-corrected chi connectivity index (χ0v) is 8.85. The number of nitrogen functional groups attached to an aromatic ring is 1. The molecule has 0 radical (unpaired) electrons. The molecule has 0 amide bonds. The van der Waals surface area contributed by atoms with Crippen molar-refractivity contribution in [1.29, 1.82) is 0 Å². The first-order valence-electron chi connectivity index (χ1n) is 5.23. The first-order valence-corrected chi connectivity index (χ1v) is 5.23. The minimum atomic E-state index is -0.105. The van der Waals surface area contributed by atoms with Crippen molar-refractivity contribution in [3.63, 3.8) is 0 Å². The Balaban J connectivity index is 2.37. The molecular formula is C11H16N2O2. The van der Waals surface area contributed by atoms with Gasteiger partial charge in [-0.3, -0.25) is 4.79 Å². The standard InChI is InChI=1S/C11H16N2O2/c1-15-10-6-2-5-9(10)13-7-3-4-8(12)11(13)14/h3-4,7,9-10H,2,5-6,12H2,1H3. The minimum absolute atomic E-state index is 0.105. The highest BCUT2D eigenvalue weighted by Gasteiger charge is 2.29. The van der Waals surface area contributed by atoms with Crippen molar-refractivity contribution in [2.45, 2.75) is 31.4 Å². The third kappa shape index (κ3) is 1.77. The van der Waals surface area contributed by atoms with E-state index in [1.165, 1.54) is 0 Å². The average molecular weight is 208 g/mol. The third-order valence-corrected chi connectivity index (χ3v) is 3.08.